The Labute approximate surface area is 58.6 Å². The predicted octanol–water partition coefficient (Wildman–Crippen LogP) is -1.04. The monoisotopic (exact) mass is 148 g/mol. The number of rotatable bonds is 1. The average molecular weight is 148 g/mol. The molecule has 0 saturated carbocycles. The average Bonchev–Trinajstić information content (AvgIpc) is 2.13. The molecule has 0 aromatic heterocycles. The maximum atomic E-state index is 10.2. The zero-order chi connectivity index (χ0) is 6.85. The van der Waals surface area contributed by atoms with Gasteiger partial charge in [-0.05, 0) is 13.0 Å². The molecule has 0 amide bonds. The second kappa shape index (κ2) is 3.50. The molecule has 5 heteroatoms. The molecule has 2 atom stereocenters. The largest absolute Gasteiger partial charge is 0.480 e. The van der Waals surface area contributed by atoms with Crippen LogP contribution in [0.2, 0.25) is 0 Å². The smallest absolute Gasteiger partial charge is 0.323 e. The van der Waals surface area contributed by atoms with Gasteiger partial charge in [0.2, 0.25) is 0 Å². The van der Waals surface area contributed by atoms with Crippen LogP contribution in [0.5, 0.6) is 0 Å². The Morgan fingerprint density at radius 1 is 1.60 bits per heavy atom. The maximum absolute atomic E-state index is 10.2. The predicted molar refractivity (Wildman–Crippen MR) is 35.1 cm³/mol. The number of aliphatic carboxylic acids is 1. The number of hydrogen-bond acceptors (Lipinski definition) is 4. The molecule has 0 aromatic carbocycles. The van der Waals surface area contributed by atoms with Crippen molar-refractivity contribution in [1.82, 2.24) is 11.5 Å². The fourth-order valence-electron chi connectivity index (χ4n) is 0.941. The van der Waals surface area contributed by atoms with Crippen molar-refractivity contribution in [2.75, 3.05) is 6.54 Å². The summed E-state index contributed by atoms with van der Waals surface area (Å²) in [6.07, 6.45) is -0.167. The normalized spacial score (nSPS) is 31.3. The molecule has 1 heterocycles. The second-order valence-electron chi connectivity index (χ2n) is 2.13. The number of aliphatic hydroxyl groups excluding tert-OH is 1. The van der Waals surface area contributed by atoms with E-state index in [0.717, 1.165) is 0 Å². The molecule has 5 nitrogen and oxygen atoms in total. The summed E-state index contributed by atoms with van der Waals surface area (Å²) in [5.74, 6) is -0.972. The molecule has 0 spiro atoms. The first-order valence-corrected chi connectivity index (χ1v) is 2.86. The van der Waals surface area contributed by atoms with Gasteiger partial charge in [-0.1, -0.05) is 0 Å². The van der Waals surface area contributed by atoms with Crippen molar-refractivity contribution < 1.29 is 15.0 Å². The summed E-state index contributed by atoms with van der Waals surface area (Å²) in [6, 6.07) is -0.745. The minimum Gasteiger partial charge on any atom is -0.480 e. The first-order valence-electron chi connectivity index (χ1n) is 2.86. The molecule has 0 radical (unpaired) electrons. The third-order valence-corrected chi connectivity index (χ3v) is 1.46. The lowest BCUT2D eigenvalue weighted by atomic mass is 10.2. The van der Waals surface area contributed by atoms with Crippen LogP contribution in [-0.2, 0) is 4.79 Å². The summed E-state index contributed by atoms with van der Waals surface area (Å²) in [5, 5.41) is 19.9. The number of nitrogens with one attached hydrogen (secondary N) is 1. The van der Waals surface area contributed by atoms with Crippen LogP contribution in [0, 0.1) is 0 Å². The maximum Gasteiger partial charge on any atom is 0.323 e. The van der Waals surface area contributed by atoms with Crippen LogP contribution < -0.4 is 11.5 Å². The molecule has 10 heavy (non-hydrogen) atoms. The number of carboxylic acids is 1. The van der Waals surface area contributed by atoms with Crippen LogP contribution in [0.25, 0.3) is 0 Å². The summed E-state index contributed by atoms with van der Waals surface area (Å²) >= 11 is 0. The lowest BCUT2D eigenvalue weighted by Gasteiger charge is -2.06. The summed E-state index contributed by atoms with van der Waals surface area (Å²) in [7, 11) is 0. The van der Waals surface area contributed by atoms with Crippen LogP contribution in [0.15, 0.2) is 0 Å². The van der Waals surface area contributed by atoms with E-state index in [0.29, 0.717) is 13.0 Å². The highest BCUT2D eigenvalue weighted by molar-refractivity contribution is 5.74. The zero-order valence-electron chi connectivity index (χ0n) is 5.58. The molecule has 1 aliphatic rings. The highest BCUT2D eigenvalue weighted by Crippen LogP contribution is 2.05. The van der Waals surface area contributed by atoms with Crippen molar-refractivity contribution in [1.29, 1.82) is 0 Å². The number of carboxylic acid groups (broad SMARTS) is 1. The lowest BCUT2D eigenvalue weighted by Crippen LogP contribution is -2.38. The van der Waals surface area contributed by atoms with Crippen LogP contribution in [-0.4, -0.2) is 34.9 Å². The van der Waals surface area contributed by atoms with Crippen LogP contribution in [0.4, 0.5) is 0 Å². The van der Waals surface area contributed by atoms with Crippen molar-refractivity contribution >= 4 is 5.97 Å². The van der Waals surface area contributed by atoms with Crippen LogP contribution in [0.1, 0.15) is 6.42 Å². The number of aliphatic hydroxyl groups is 1. The second-order valence-corrected chi connectivity index (χ2v) is 2.13. The molecule has 60 valence electrons. The van der Waals surface area contributed by atoms with E-state index in [2.05, 4.69) is 5.32 Å². The van der Waals surface area contributed by atoms with Gasteiger partial charge in [-0.3, -0.25) is 4.79 Å². The third kappa shape index (κ3) is 1.66. The van der Waals surface area contributed by atoms with Gasteiger partial charge in [0.25, 0.3) is 0 Å². The molecule has 6 N–H and O–H groups in total. The van der Waals surface area contributed by atoms with Crippen LogP contribution >= 0.6 is 0 Å². The van der Waals surface area contributed by atoms with Gasteiger partial charge >= 0.3 is 5.97 Å². The fourth-order valence-corrected chi connectivity index (χ4v) is 0.941. The Hall–Kier alpha value is -0.650. The summed E-state index contributed by atoms with van der Waals surface area (Å²) in [6.45, 7) is 0.595. The molecule has 0 bridgehead atoms. The molecule has 1 rings (SSSR count). The minimum absolute atomic E-state index is 0. The molecule has 1 fully saturated rings. The van der Waals surface area contributed by atoms with E-state index in [4.69, 9.17) is 10.2 Å². The highest BCUT2D eigenvalue weighted by atomic mass is 16.4. The van der Waals surface area contributed by atoms with Gasteiger partial charge in [0.1, 0.15) is 6.04 Å². The molecular weight excluding hydrogens is 136 g/mol. The molecule has 0 aliphatic carbocycles. The zero-order valence-corrected chi connectivity index (χ0v) is 5.58. The van der Waals surface area contributed by atoms with Gasteiger partial charge in [-0.25, -0.2) is 0 Å². The molecule has 1 aliphatic heterocycles. The van der Waals surface area contributed by atoms with E-state index >= 15 is 0 Å². The highest BCUT2D eigenvalue weighted by Gasteiger charge is 2.30. The number of carbonyl (C=O) groups is 1. The Balaban J connectivity index is 0.000000810. The van der Waals surface area contributed by atoms with Crippen molar-refractivity contribution in [2.24, 2.45) is 0 Å². The van der Waals surface area contributed by atoms with E-state index in [-0.39, 0.29) is 6.15 Å². The molecule has 0 aromatic rings. The summed E-state index contributed by atoms with van der Waals surface area (Å²) in [5.41, 5.74) is 0. The van der Waals surface area contributed by atoms with Gasteiger partial charge in [0.05, 0.1) is 6.10 Å². The molecule has 0 unspecified atom stereocenters. The van der Waals surface area contributed by atoms with Crippen molar-refractivity contribution in [3.05, 3.63) is 0 Å². The Morgan fingerprint density at radius 2 is 2.20 bits per heavy atom. The van der Waals surface area contributed by atoms with Crippen molar-refractivity contribution in [2.45, 2.75) is 18.6 Å². The van der Waals surface area contributed by atoms with E-state index < -0.39 is 18.1 Å². The Morgan fingerprint density at radius 3 is 2.40 bits per heavy atom. The van der Waals surface area contributed by atoms with Gasteiger partial charge in [-0.15, -0.1) is 0 Å². The van der Waals surface area contributed by atoms with Gasteiger partial charge in [0, 0.05) is 0 Å². The Bertz CT molecular complexity index is 128. The standard InChI is InChI=1S/C5H9NO3.H3N/c7-3-1-2-6-4(3)5(8)9;/h3-4,6-7H,1-2H2,(H,8,9);1H3/t3-,4-;/m0./s1. The van der Waals surface area contributed by atoms with E-state index in [1.54, 1.807) is 0 Å². The van der Waals surface area contributed by atoms with Crippen molar-refractivity contribution in [3.8, 4) is 0 Å². The summed E-state index contributed by atoms with van der Waals surface area (Å²) in [4.78, 5) is 10.2. The van der Waals surface area contributed by atoms with Gasteiger partial charge < -0.3 is 21.7 Å². The quantitative estimate of drug-likeness (QED) is 0.380. The third-order valence-electron chi connectivity index (χ3n) is 1.46. The van der Waals surface area contributed by atoms with Gasteiger partial charge in [-0.2, -0.15) is 0 Å². The van der Waals surface area contributed by atoms with Crippen LogP contribution in [0.3, 0.4) is 0 Å². The first-order chi connectivity index (χ1) is 4.22. The topological polar surface area (TPSA) is 105 Å². The summed E-state index contributed by atoms with van der Waals surface area (Å²) < 4.78 is 0. The van der Waals surface area contributed by atoms with Gasteiger partial charge in [0.15, 0.2) is 0 Å². The van der Waals surface area contributed by atoms with E-state index in [9.17, 15) is 4.79 Å². The fraction of sp³-hybridized carbons (Fsp3) is 0.800. The minimum atomic E-state index is -0.972. The molecule has 1 saturated heterocycles. The van der Waals surface area contributed by atoms with E-state index in [1.807, 2.05) is 0 Å². The molecular formula is C5H12N2O3. The van der Waals surface area contributed by atoms with Crippen molar-refractivity contribution in [3.63, 3.8) is 0 Å². The van der Waals surface area contributed by atoms with E-state index in [1.165, 1.54) is 0 Å². The lowest BCUT2D eigenvalue weighted by molar-refractivity contribution is -0.141. The SMILES string of the molecule is N.O=C(O)[C@H]1NCC[C@@H]1O. The first kappa shape index (κ1) is 9.35. The Kier molecular flexibility index (Phi) is 3.27. The number of hydrogen-bond donors (Lipinski definition) is 4.